The topological polar surface area (TPSA) is 32.9 Å². The molecule has 0 aliphatic carbocycles. The minimum absolute atomic E-state index is 0.0752. The third-order valence-electron chi connectivity index (χ3n) is 4.20. The molecule has 22 heavy (non-hydrogen) atoms. The number of pyridine rings is 1. The van der Waals surface area contributed by atoms with Gasteiger partial charge in [0, 0.05) is 11.8 Å². The van der Waals surface area contributed by atoms with Crippen molar-refractivity contribution in [3.8, 4) is 22.4 Å². The molecule has 3 aromatic rings. The molecule has 0 amide bonds. The van der Waals surface area contributed by atoms with E-state index in [1.165, 1.54) is 33.9 Å². The lowest BCUT2D eigenvalue weighted by Gasteiger charge is -2.13. The van der Waals surface area contributed by atoms with Crippen LogP contribution in [0.2, 0.25) is 0 Å². The molecule has 0 fully saturated rings. The zero-order valence-electron chi connectivity index (χ0n) is 13.1. The fourth-order valence-electron chi connectivity index (χ4n) is 2.79. The number of aromatic nitrogens is 1. The Morgan fingerprint density at radius 2 is 1.55 bits per heavy atom. The van der Waals surface area contributed by atoms with Crippen LogP contribution in [0.15, 0.2) is 59.4 Å². The van der Waals surface area contributed by atoms with Crippen LogP contribution < -0.4 is 5.56 Å². The van der Waals surface area contributed by atoms with Gasteiger partial charge in [0.1, 0.15) is 0 Å². The minimum Gasteiger partial charge on any atom is -0.322 e. The van der Waals surface area contributed by atoms with Crippen LogP contribution in [0.4, 0.5) is 0 Å². The van der Waals surface area contributed by atoms with Crippen molar-refractivity contribution in [2.24, 2.45) is 0 Å². The largest absolute Gasteiger partial charge is 0.322 e. The van der Waals surface area contributed by atoms with Crippen molar-refractivity contribution in [2.45, 2.75) is 20.8 Å². The summed E-state index contributed by atoms with van der Waals surface area (Å²) in [5.74, 6) is 0. The van der Waals surface area contributed by atoms with E-state index in [4.69, 9.17) is 0 Å². The SMILES string of the molecule is Cc1cc(-c2cccc(=O)[nH]2)ccc1-c1cccc(C)c1C. The Balaban J connectivity index is 2.10. The van der Waals surface area contributed by atoms with Gasteiger partial charge >= 0.3 is 0 Å². The van der Waals surface area contributed by atoms with Crippen molar-refractivity contribution in [2.75, 3.05) is 0 Å². The maximum Gasteiger partial charge on any atom is 0.248 e. The molecule has 0 unspecified atom stereocenters. The maximum absolute atomic E-state index is 11.5. The predicted molar refractivity (Wildman–Crippen MR) is 92.1 cm³/mol. The first-order chi connectivity index (χ1) is 10.6. The highest BCUT2D eigenvalue weighted by Crippen LogP contribution is 2.30. The first-order valence-corrected chi connectivity index (χ1v) is 7.43. The molecule has 0 aliphatic heterocycles. The first-order valence-electron chi connectivity index (χ1n) is 7.43. The molecule has 0 aliphatic rings. The summed E-state index contributed by atoms with van der Waals surface area (Å²) in [5, 5.41) is 0. The van der Waals surface area contributed by atoms with Crippen LogP contribution >= 0.6 is 0 Å². The molecule has 0 radical (unpaired) electrons. The van der Waals surface area contributed by atoms with Crippen molar-refractivity contribution in [1.29, 1.82) is 0 Å². The summed E-state index contributed by atoms with van der Waals surface area (Å²) in [5.41, 5.74) is 8.13. The molecular weight excluding hydrogens is 270 g/mol. The Morgan fingerprint density at radius 1 is 0.773 bits per heavy atom. The number of H-pyrrole nitrogens is 1. The molecule has 0 spiro atoms. The fraction of sp³-hybridized carbons (Fsp3) is 0.150. The Hall–Kier alpha value is -2.61. The quantitative estimate of drug-likeness (QED) is 0.732. The molecule has 0 saturated carbocycles. The lowest BCUT2D eigenvalue weighted by atomic mass is 9.92. The minimum atomic E-state index is -0.0752. The number of aromatic amines is 1. The average Bonchev–Trinajstić information content (AvgIpc) is 2.50. The first kappa shape index (κ1) is 14.3. The third-order valence-corrected chi connectivity index (χ3v) is 4.20. The van der Waals surface area contributed by atoms with E-state index >= 15 is 0 Å². The van der Waals surface area contributed by atoms with Gasteiger partial charge < -0.3 is 4.98 Å². The van der Waals surface area contributed by atoms with Gasteiger partial charge in [0.2, 0.25) is 5.56 Å². The van der Waals surface area contributed by atoms with Crippen molar-refractivity contribution >= 4 is 0 Å². The Morgan fingerprint density at radius 3 is 2.27 bits per heavy atom. The molecule has 3 rings (SSSR count). The van der Waals surface area contributed by atoms with E-state index in [1.54, 1.807) is 6.07 Å². The van der Waals surface area contributed by atoms with E-state index in [2.05, 4.69) is 62.2 Å². The van der Waals surface area contributed by atoms with Gasteiger partial charge in [0.15, 0.2) is 0 Å². The van der Waals surface area contributed by atoms with Gasteiger partial charge in [-0.05, 0) is 66.3 Å². The standard InChI is InChI=1S/C20H19NO/c1-13-6-4-7-18(15(13)3)17-11-10-16(12-14(17)2)19-8-5-9-20(22)21-19/h4-12H,1-3H3,(H,21,22). The Bertz CT molecular complexity index is 890. The van der Waals surface area contributed by atoms with Gasteiger partial charge in [-0.15, -0.1) is 0 Å². The number of aryl methyl sites for hydroxylation is 2. The second-order valence-electron chi connectivity index (χ2n) is 5.71. The Labute approximate surface area is 130 Å². The highest BCUT2D eigenvalue weighted by Gasteiger charge is 2.08. The lowest BCUT2D eigenvalue weighted by molar-refractivity contribution is 1.24. The van der Waals surface area contributed by atoms with Gasteiger partial charge in [0.25, 0.3) is 0 Å². The fourth-order valence-corrected chi connectivity index (χ4v) is 2.79. The summed E-state index contributed by atoms with van der Waals surface area (Å²) in [6.07, 6.45) is 0. The van der Waals surface area contributed by atoms with E-state index < -0.39 is 0 Å². The highest BCUT2D eigenvalue weighted by molar-refractivity contribution is 5.75. The molecule has 1 N–H and O–H groups in total. The molecule has 0 saturated heterocycles. The third kappa shape index (κ3) is 2.60. The summed E-state index contributed by atoms with van der Waals surface area (Å²) in [7, 11) is 0. The van der Waals surface area contributed by atoms with Crippen LogP contribution in [-0.4, -0.2) is 4.98 Å². The molecule has 1 heterocycles. The van der Waals surface area contributed by atoms with Gasteiger partial charge in [0.05, 0.1) is 0 Å². The monoisotopic (exact) mass is 289 g/mol. The number of rotatable bonds is 2. The summed E-state index contributed by atoms with van der Waals surface area (Å²) in [6.45, 7) is 6.41. The Kier molecular flexibility index (Phi) is 3.68. The van der Waals surface area contributed by atoms with Gasteiger partial charge in [-0.25, -0.2) is 0 Å². The van der Waals surface area contributed by atoms with Crippen molar-refractivity contribution < 1.29 is 0 Å². The molecule has 0 atom stereocenters. The molecule has 2 heteroatoms. The summed E-state index contributed by atoms with van der Waals surface area (Å²) in [6, 6.07) is 18.0. The molecular formula is C20H19NO. The zero-order chi connectivity index (χ0) is 15.7. The maximum atomic E-state index is 11.5. The molecule has 2 nitrogen and oxygen atoms in total. The van der Waals surface area contributed by atoms with Gasteiger partial charge in [-0.1, -0.05) is 36.4 Å². The number of hydrogen-bond donors (Lipinski definition) is 1. The second kappa shape index (κ2) is 5.64. The second-order valence-corrected chi connectivity index (χ2v) is 5.71. The van der Waals surface area contributed by atoms with E-state index in [9.17, 15) is 4.79 Å². The van der Waals surface area contributed by atoms with E-state index in [1.807, 2.05) is 6.07 Å². The number of benzene rings is 2. The predicted octanol–water partition coefficient (Wildman–Crippen LogP) is 4.63. The average molecular weight is 289 g/mol. The van der Waals surface area contributed by atoms with Crippen LogP contribution in [0.1, 0.15) is 16.7 Å². The summed E-state index contributed by atoms with van der Waals surface area (Å²) >= 11 is 0. The molecule has 2 aromatic carbocycles. The summed E-state index contributed by atoms with van der Waals surface area (Å²) < 4.78 is 0. The van der Waals surface area contributed by atoms with E-state index in [0.29, 0.717) is 0 Å². The van der Waals surface area contributed by atoms with Crippen molar-refractivity contribution in [1.82, 2.24) is 4.98 Å². The van der Waals surface area contributed by atoms with Crippen LogP contribution in [0.3, 0.4) is 0 Å². The van der Waals surface area contributed by atoms with E-state index in [-0.39, 0.29) is 5.56 Å². The normalized spacial score (nSPS) is 10.7. The van der Waals surface area contributed by atoms with Crippen LogP contribution in [0.5, 0.6) is 0 Å². The van der Waals surface area contributed by atoms with Crippen molar-refractivity contribution in [3.05, 3.63) is 81.6 Å². The smallest absolute Gasteiger partial charge is 0.248 e. The number of nitrogens with one attached hydrogen (secondary N) is 1. The van der Waals surface area contributed by atoms with Crippen molar-refractivity contribution in [3.63, 3.8) is 0 Å². The van der Waals surface area contributed by atoms with E-state index in [0.717, 1.165) is 11.3 Å². The molecule has 0 bridgehead atoms. The number of hydrogen-bond acceptors (Lipinski definition) is 1. The lowest BCUT2D eigenvalue weighted by Crippen LogP contribution is -2.03. The zero-order valence-corrected chi connectivity index (χ0v) is 13.1. The van der Waals surface area contributed by atoms with Crippen LogP contribution in [0.25, 0.3) is 22.4 Å². The molecule has 1 aromatic heterocycles. The summed E-state index contributed by atoms with van der Waals surface area (Å²) in [4.78, 5) is 14.3. The highest BCUT2D eigenvalue weighted by atomic mass is 16.1. The van der Waals surface area contributed by atoms with Gasteiger partial charge in [-0.2, -0.15) is 0 Å². The van der Waals surface area contributed by atoms with Crippen LogP contribution in [0, 0.1) is 20.8 Å². The molecule has 110 valence electrons. The van der Waals surface area contributed by atoms with Gasteiger partial charge in [-0.3, -0.25) is 4.79 Å². The van der Waals surface area contributed by atoms with Crippen LogP contribution in [-0.2, 0) is 0 Å².